The van der Waals surface area contributed by atoms with Gasteiger partial charge in [-0.3, -0.25) is 9.69 Å². The number of ether oxygens (including phenoxy) is 1. The van der Waals surface area contributed by atoms with Crippen LogP contribution >= 0.6 is 12.4 Å². The molecule has 2 saturated carbocycles. The van der Waals surface area contributed by atoms with Gasteiger partial charge in [0, 0.05) is 18.2 Å². The third kappa shape index (κ3) is 2.93. The number of amides is 1. The predicted molar refractivity (Wildman–Crippen MR) is 126 cm³/mol. The van der Waals surface area contributed by atoms with Crippen LogP contribution in [0.15, 0.2) is 35.1 Å². The van der Waals surface area contributed by atoms with Gasteiger partial charge in [-0.1, -0.05) is 6.07 Å². The van der Waals surface area contributed by atoms with E-state index < -0.39 is 17.1 Å². The van der Waals surface area contributed by atoms with Gasteiger partial charge in [-0.15, -0.1) is 12.4 Å². The van der Waals surface area contributed by atoms with E-state index in [4.69, 9.17) is 9.15 Å². The second-order valence-electron chi connectivity index (χ2n) is 10.8. The Morgan fingerprint density at radius 2 is 2.06 bits per heavy atom. The first-order chi connectivity index (χ1) is 16.0. The highest BCUT2D eigenvalue weighted by Crippen LogP contribution is 2.65. The molecule has 7 nitrogen and oxygen atoms in total. The molecule has 1 amide bonds. The molecule has 8 heteroatoms. The Labute approximate surface area is 204 Å². The Morgan fingerprint density at radius 3 is 2.82 bits per heavy atom. The lowest BCUT2D eigenvalue weighted by atomic mass is 9.48. The monoisotopic (exact) mass is 486 g/mol. The van der Waals surface area contributed by atoms with Crippen LogP contribution in [0.3, 0.4) is 0 Å². The average molecular weight is 487 g/mol. The molecule has 2 aromatic rings. The lowest BCUT2D eigenvalue weighted by Gasteiger charge is -2.64. The van der Waals surface area contributed by atoms with E-state index in [1.807, 2.05) is 6.07 Å². The molecule has 34 heavy (non-hydrogen) atoms. The number of rotatable bonds is 5. The number of phenolic OH excluding ortho intramolecular Hbond substituents is 1. The summed E-state index contributed by atoms with van der Waals surface area (Å²) in [5.41, 5.74) is 1.46. The highest BCUT2D eigenvalue weighted by Gasteiger charge is 2.73. The summed E-state index contributed by atoms with van der Waals surface area (Å²) in [6.07, 6.45) is 8.41. The van der Waals surface area contributed by atoms with Gasteiger partial charge < -0.3 is 24.7 Å². The van der Waals surface area contributed by atoms with Crippen molar-refractivity contribution >= 4 is 18.3 Å². The van der Waals surface area contributed by atoms with Crippen LogP contribution in [0.25, 0.3) is 0 Å². The molecule has 3 fully saturated rings. The second-order valence-corrected chi connectivity index (χ2v) is 10.8. The van der Waals surface area contributed by atoms with Crippen molar-refractivity contribution in [1.29, 1.82) is 0 Å². The number of phenols is 1. The third-order valence-electron chi connectivity index (χ3n) is 9.05. The third-order valence-corrected chi connectivity index (χ3v) is 9.05. The van der Waals surface area contributed by atoms with E-state index in [-0.39, 0.29) is 42.6 Å². The number of benzene rings is 1. The molecule has 1 aromatic carbocycles. The van der Waals surface area contributed by atoms with Gasteiger partial charge in [0.15, 0.2) is 11.5 Å². The maximum atomic E-state index is 12.9. The first-order valence-electron chi connectivity index (χ1n) is 12.3. The van der Waals surface area contributed by atoms with Crippen molar-refractivity contribution in [3.05, 3.63) is 47.4 Å². The number of nitrogens with one attached hydrogen (secondary N) is 1. The van der Waals surface area contributed by atoms with Crippen LogP contribution < -0.4 is 10.1 Å². The smallest absolute Gasteiger partial charge is 0.224 e. The van der Waals surface area contributed by atoms with Crippen molar-refractivity contribution in [1.82, 2.24) is 10.2 Å². The number of hydrogen-bond acceptors (Lipinski definition) is 6. The van der Waals surface area contributed by atoms with E-state index in [1.165, 1.54) is 18.4 Å². The second kappa shape index (κ2) is 7.64. The van der Waals surface area contributed by atoms with Gasteiger partial charge in [0.25, 0.3) is 0 Å². The molecule has 2 bridgehead atoms. The number of aliphatic hydroxyl groups is 1. The molecule has 182 valence electrons. The molecule has 1 aromatic heterocycles. The van der Waals surface area contributed by atoms with Crippen LogP contribution in [-0.2, 0) is 23.1 Å². The molecule has 3 aliphatic carbocycles. The van der Waals surface area contributed by atoms with Gasteiger partial charge in [-0.05, 0) is 74.2 Å². The Hall–Kier alpha value is -2.22. The number of piperidine rings is 1. The van der Waals surface area contributed by atoms with Gasteiger partial charge in [-0.25, -0.2) is 0 Å². The zero-order valence-electron chi connectivity index (χ0n) is 19.0. The van der Waals surface area contributed by atoms with E-state index in [2.05, 4.69) is 10.2 Å². The molecule has 7 rings (SSSR count). The Balaban J connectivity index is 0.00000217. The summed E-state index contributed by atoms with van der Waals surface area (Å²) >= 11 is 0. The largest absolute Gasteiger partial charge is 0.504 e. The number of aromatic hydroxyl groups is 1. The summed E-state index contributed by atoms with van der Waals surface area (Å²) in [6.45, 7) is 1.97. The highest BCUT2D eigenvalue weighted by atomic mass is 35.5. The number of nitrogens with zero attached hydrogens (tertiary/aromatic N) is 1. The standard InChI is InChI=1S/C26H30N2O5.ClH/c29-19-4-3-17-12-20-26(31)7-5-18(27-21(30)11-16-6-10-32-14-16)24-25(26,22(17)23(19)33-24)8-9-28(20)13-15-1-2-15;/h3-4,6,10,14-15,18,20,24,29,31H,1-2,5,7-9,11-13H2,(H,27,30);1H/t18-,20+,24-,25-,26+;/m0./s1. The molecule has 0 unspecified atom stereocenters. The molecular weight excluding hydrogens is 456 g/mol. The topological polar surface area (TPSA) is 95.2 Å². The summed E-state index contributed by atoms with van der Waals surface area (Å²) in [7, 11) is 0. The van der Waals surface area contributed by atoms with Crippen LogP contribution in [0.2, 0.25) is 0 Å². The van der Waals surface area contributed by atoms with Gasteiger partial charge in [0.05, 0.1) is 36.0 Å². The number of likely N-dealkylation sites (tertiary alicyclic amines) is 1. The quantitative estimate of drug-likeness (QED) is 0.601. The summed E-state index contributed by atoms with van der Waals surface area (Å²) < 4.78 is 11.6. The maximum Gasteiger partial charge on any atom is 0.224 e. The van der Waals surface area contributed by atoms with Crippen LogP contribution in [0, 0.1) is 5.92 Å². The molecule has 3 heterocycles. The fourth-order valence-electron chi connectivity index (χ4n) is 7.47. The summed E-state index contributed by atoms with van der Waals surface area (Å²) in [4.78, 5) is 15.4. The predicted octanol–water partition coefficient (Wildman–Crippen LogP) is 2.70. The van der Waals surface area contributed by atoms with Crippen molar-refractivity contribution in [2.45, 2.75) is 74.1 Å². The fourth-order valence-corrected chi connectivity index (χ4v) is 7.47. The minimum Gasteiger partial charge on any atom is -0.504 e. The minimum absolute atomic E-state index is 0. The zero-order chi connectivity index (χ0) is 22.4. The molecule has 3 N–H and O–H groups in total. The van der Waals surface area contributed by atoms with Crippen molar-refractivity contribution in [2.75, 3.05) is 13.1 Å². The van der Waals surface area contributed by atoms with Crippen LogP contribution in [0.5, 0.6) is 11.5 Å². The Bertz CT molecular complexity index is 1120. The fraction of sp³-hybridized carbons (Fsp3) is 0.577. The zero-order valence-corrected chi connectivity index (χ0v) is 19.9. The number of carbonyl (C=O) groups excluding carboxylic acids is 1. The summed E-state index contributed by atoms with van der Waals surface area (Å²) in [5, 5.41) is 26.3. The molecular formula is C26H31ClN2O5. The normalized spacial score (nSPS) is 35.1. The van der Waals surface area contributed by atoms with Crippen LogP contribution in [-0.4, -0.2) is 57.9 Å². The number of hydrogen-bond donors (Lipinski definition) is 3. The summed E-state index contributed by atoms with van der Waals surface area (Å²) in [6, 6.07) is 5.35. The number of furan rings is 1. The van der Waals surface area contributed by atoms with E-state index in [0.29, 0.717) is 18.6 Å². The highest BCUT2D eigenvalue weighted by molar-refractivity contribution is 5.85. The van der Waals surface area contributed by atoms with Crippen molar-refractivity contribution in [3.63, 3.8) is 0 Å². The Kier molecular flexibility index (Phi) is 5.00. The number of halogens is 1. The van der Waals surface area contributed by atoms with E-state index in [1.54, 1.807) is 24.7 Å². The maximum absolute atomic E-state index is 12.9. The van der Waals surface area contributed by atoms with Crippen molar-refractivity contribution in [2.24, 2.45) is 5.92 Å². The average Bonchev–Trinajstić information content (AvgIpc) is 3.31. The first kappa shape index (κ1) is 22.3. The minimum atomic E-state index is -0.928. The van der Waals surface area contributed by atoms with Crippen molar-refractivity contribution in [3.8, 4) is 11.5 Å². The number of carbonyl (C=O) groups is 1. The molecule has 5 atom stereocenters. The molecule has 2 aliphatic heterocycles. The van der Waals surface area contributed by atoms with Gasteiger partial charge in [0.1, 0.15) is 6.10 Å². The molecule has 5 aliphatic rings. The van der Waals surface area contributed by atoms with E-state index in [0.717, 1.165) is 43.0 Å². The van der Waals surface area contributed by atoms with E-state index >= 15 is 0 Å². The SMILES string of the molecule is Cl.O=C(Cc1ccoc1)N[C@H]1CC[C@@]2(O)[C@H]3Cc4ccc(O)c5c4[C@@]2(CCN3CC2CC2)[C@H]1O5. The molecule has 0 radical (unpaired) electrons. The Morgan fingerprint density at radius 1 is 1.21 bits per heavy atom. The van der Waals surface area contributed by atoms with Crippen molar-refractivity contribution < 1.29 is 24.2 Å². The molecule has 1 saturated heterocycles. The van der Waals surface area contributed by atoms with Gasteiger partial charge >= 0.3 is 0 Å². The lowest BCUT2D eigenvalue weighted by molar-refractivity contribution is -0.192. The first-order valence-corrected chi connectivity index (χ1v) is 12.3. The van der Waals surface area contributed by atoms with E-state index in [9.17, 15) is 15.0 Å². The van der Waals surface area contributed by atoms with Gasteiger partial charge in [0.2, 0.25) is 5.91 Å². The lowest BCUT2D eigenvalue weighted by Crippen LogP contribution is -2.78. The van der Waals surface area contributed by atoms with Crippen LogP contribution in [0.4, 0.5) is 0 Å². The summed E-state index contributed by atoms with van der Waals surface area (Å²) in [5.74, 6) is 1.32. The molecule has 1 spiro atoms. The van der Waals surface area contributed by atoms with Crippen LogP contribution in [0.1, 0.15) is 48.8 Å². The van der Waals surface area contributed by atoms with Gasteiger partial charge in [-0.2, -0.15) is 0 Å².